The smallest absolute Gasteiger partial charge is 0.261 e. The van der Waals surface area contributed by atoms with E-state index in [2.05, 4.69) is 20.9 Å². The van der Waals surface area contributed by atoms with Gasteiger partial charge in [0.05, 0.1) is 17.7 Å². The number of benzene rings is 1. The number of pyridine rings is 1. The van der Waals surface area contributed by atoms with Crippen LogP contribution in [0.25, 0.3) is 0 Å². The van der Waals surface area contributed by atoms with Crippen molar-refractivity contribution in [2.45, 2.75) is 6.54 Å². The summed E-state index contributed by atoms with van der Waals surface area (Å²) in [6, 6.07) is 8.43. The fourth-order valence-corrected chi connectivity index (χ4v) is 2.69. The van der Waals surface area contributed by atoms with Gasteiger partial charge in [-0.15, -0.1) is 0 Å². The molecule has 0 N–H and O–H groups in total. The summed E-state index contributed by atoms with van der Waals surface area (Å²) in [5, 5.41) is 0.335. The molecule has 0 spiro atoms. The lowest BCUT2D eigenvalue weighted by atomic mass is 10.1. The molecule has 0 unspecified atom stereocenters. The van der Waals surface area contributed by atoms with E-state index in [1.54, 1.807) is 36.5 Å². The van der Waals surface area contributed by atoms with Crippen molar-refractivity contribution in [1.29, 1.82) is 0 Å². The van der Waals surface area contributed by atoms with E-state index >= 15 is 0 Å². The number of halogens is 2. The van der Waals surface area contributed by atoms with Gasteiger partial charge in [-0.05, 0) is 35.9 Å². The minimum atomic E-state index is -0.292. The fourth-order valence-electron chi connectivity index (χ4n) is 2.13. The molecule has 2 amide bonds. The summed E-state index contributed by atoms with van der Waals surface area (Å²) in [4.78, 5) is 29.6. The highest BCUT2D eigenvalue weighted by molar-refractivity contribution is 9.10. The molecule has 1 aromatic carbocycles. The Kier molecular flexibility index (Phi) is 3.31. The van der Waals surface area contributed by atoms with Crippen LogP contribution in [0, 0.1) is 0 Å². The van der Waals surface area contributed by atoms with E-state index in [0.717, 1.165) is 10.0 Å². The number of imide groups is 1. The lowest BCUT2D eigenvalue weighted by molar-refractivity contribution is 0.0642. The maximum absolute atomic E-state index is 12.3. The molecule has 1 aliphatic rings. The molecule has 0 saturated carbocycles. The number of nitrogens with zero attached hydrogens (tertiary/aromatic N) is 2. The number of fused-ring (bicyclic) bond motifs is 1. The molecule has 6 heteroatoms. The minimum absolute atomic E-state index is 0.187. The molecule has 1 aromatic heterocycles. The first-order valence-corrected chi connectivity index (χ1v) is 6.99. The number of hydrogen-bond acceptors (Lipinski definition) is 3. The van der Waals surface area contributed by atoms with E-state index in [0.29, 0.717) is 16.3 Å². The Morgan fingerprint density at radius 3 is 2.60 bits per heavy atom. The summed E-state index contributed by atoms with van der Waals surface area (Å²) in [5.74, 6) is -0.579. The fraction of sp³-hybridized carbons (Fsp3) is 0.0714. The van der Waals surface area contributed by atoms with E-state index in [9.17, 15) is 9.59 Å². The van der Waals surface area contributed by atoms with Gasteiger partial charge in [0, 0.05) is 10.7 Å². The second kappa shape index (κ2) is 5.00. The summed E-state index contributed by atoms with van der Waals surface area (Å²) in [6.45, 7) is 0.187. The molecular formula is C14H8BrClN2O2. The SMILES string of the molecule is O=C1c2ccc(Br)cc2C(=O)N1Cc1ccnc(Cl)c1. The van der Waals surface area contributed by atoms with Crippen LogP contribution < -0.4 is 0 Å². The summed E-state index contributed by atoms with van der Waals surface area (Å²) < 4.78 is 0.770. The molecule has 2 heterocycles. The third-order valence-corrected chi connectivity index (χ3v) is 3.76. The Bertz CT molecular complexity index is 733. The average Bonchev–Trinajstić information content (AvgIpc) is 2.64. The first kappa shape index (κ1) is 13.3. The molecule has 100 valence electrons. The predicted molar refractivity (Wildman–Crippen MR) is 77.6 cm³/mol. The summed E-state index contributed by atoms with van der Waals surface area (Å²) in [6.07, 6.45) is 1.55. The van der Waals surface area contributed by atoms with Gasteiger partial charge in [-0.1, -0.05) is 27.5 Å². The Labute approximate surface area is 128 Å². The van der Waals surface area contributed by atoms with Crippen molar-refractivity contribution >= 4 is 39.3 Å². The van der Waals surface area contributed by atoms with E-state index in [1.807, 2.05) is 0 Å². The summed E-state index contributed by atoms with van der Waals surface area (Å²) in [5.41, 5.74) is 1.61. The molecule has 0 atom stereocenters. The number of rotatable bonds is 2. The molecule has 0 bridgehead atoms. The Hall–Kier alpha value is -1.72. The zero-order valence-electron chi connectivity index (χ0n) is 10.1. The third-order valence-electron chi connectivity index (χ3n) is 3.06. The second-order valence-electron chi connectivity index (χ2n) is 4.37. The highest BCUT2D eigenvalue weighted by atomic mass is 79.9. The van der Waals surface area contributed by atoms with Gasteiger partial charge in [-0.2, -0.15) is 0 Å². The monoisotopic (exact) mass is 350 g/mol. The third kappa shape index (κ3) is 2.23. The highest BCUT2D eigenvalue weighted by Crippen LogP contribution is 2.27. The summed E-state index contributed by atoms with van der Waals surface area (Å²) >= 11 is 9.11. The Morgan fingerprint density at radius 1 is 1.10 bits per heavy atom. The lowest BCUT2D eigenvalue weighted by Gasteiger charge is -2.13. The van der Waals surface area contributed by atoms with Gasteiger partial charge in [0.1, 0.15) is 5.15 Å². The van der Waals surface area contributed by atoms with Crippen LogP contribution in [0.5, 0.6) is 0 Å². The number of hydrogen-bond donors (Lipinski definition) is 0. The normalized spacial score (nSPS) is 13.8. The van der Waals surface area contributed by atoms with Gasteiger partial charge >= 0.3 is 0 Å². The number of aromatic nitrogens is 1. The van der Waals surface area contributed by atoms with E-state index in [4.69, 9.17) is 11.6 Å². The van der Waals surface area contributed by atoms with Crippen LogP contribution in [0.2, 0.25) is 5.15 Å². The number of carbonyl (C=O) groups is 2. The molecule has 0 aliphatic carbocycles. The maximum atomic E-state index is 12.3. The van der Waals surface area contributed by atoms with Crippen molar-refractivity contribution in [3.8, 4) is 0 Å². The molecular weight excluding hydrogens is 344 g/mol. The zero-order valence-corrected chi connectivity index (χ0v) is 12.5. The van der Waals surface area contributed by atoms with Gasteiger partial charge in [-0.3, -0.25) is 14.5 Å². The van der Waals surface area contributed by atoms with E-state index in [-0.39, 0.29) is 18.4 Å². The molecule has 3 rings (SSSR count). The Morgan fingerprint density at radius 2 is 1.85 bits per heavy atom. The van der Waals surface area contributed by atoms with Crippen molar-refractivity contribution in [3.63, 3.8) is 0 Å². The van der Waals surface area contributed by atoms with Crippen molar-refractivity contribution in [2.75, 3.05) is 0 Å². The largest absolute Gasteiger partial charge is 0.270 e. The number of amides is 2. The summed E-state index contributed by atoms with van der Waals surface area (Å²) in [7, 11) is 0. The van der Waals surface area contributed by atoms with Gasteiger partial charge in [-0.25, -0.2) is 4.98 Å². The van der Waals surface area contributed by atoms with Gasteiger partial charge in [0.25, 0.3) is 11.8 Å². The predicted octanol–water partition coefficient (Wildman–Crippen LogP) is 3.29. The van der Waals surface area contributed by atoms with Crippen LogP contribution >= 0.6 is 27.5 Å². The minimum Gasteiger partial charge on any atom is -0.270 e. The molecule has 0 fully saturated rings. The number of carbonyl (C=O) groups excluding carboxylic acids is 2. The molecule has 4 nitrogen and oxygen atoms in total. The highest BCUT2D eigenvalue weighted by Gasteiger charge is 2.35. The van der Waals surface area contributed by atoms with Crippen molar-refractivity contribution in [2.24, 2.45) is 0 Å². The topological polar surface area (TPSA) is 50.3 Å². The van der Waals surface area contributed by atoms with Crippen LogP contribution in [-0.2, 0) is 6.54 Å². The second-order valence-corrected chi connectivity index (χ2v) is 5.68. The maximum Gasteiger partial charge on any atom is 0.261 e. The molecule has 1 aliphatic heterocycles. The van der Waals surface area contributed by atoms with Crippen LogP contribution in [0.3, 0.4) is 0 Å². The first-order valence-electron chi connectivity index (χ1n) is 5.82. The van der Waals surface area contributed by atoms with Crippen LogP contribution in [0.4, 0.5) is 0 Å². The van der Waals surface area contributed by atoms with Crippen molar-refractivity contribution < 1.29 is 9.59 Å². The van der Waals surface area contributed by atoms with Crippen LogP contribution in [-0.4, -0.2) is 21.7 Å². The quantitative estimate of drug-likeness (QED) is 0.616. The zero-order chi connectivity index (χ0) is 14.3. The standard InChI is InChI=1S/C14H8BrClN2O2/c15-9-1-2-10-11(6-9)14(20)18(13(10)19)7-8-3-4-17-12(16)5-8/h1-6H,7H2. The average molecular weight is 352 g/mol. The van der Waals surface area contributed by atoms with Crippen LogP contribution in [0.15, 0.2) is 41.0 Å². The Balaban J connectivity index is 1.94. The molecule has 0 radical (unpaired) electrons. The van der Waals surface area contributed by atoms with Gasteiger partial charge in [0.2, 0.25) is 0 Å². The molecule has 20 heavy (non-hydrogen) atoms. The lowest BCUT2D eigenvalue weighted by Crippen LogP contribution is -2.29. The van der Waals surface area contributed by atoms with E-state index in [1.165, 1.54) is 4.90 Å². The van der Waals surface area contributed by atoms with Gasteiger partial charge in [0.15, 0.2) is 0 Å². The van der Waals surface area contributed by atoms with Crippen molar-refractivity contribution in [3.05, 3.63) is 62.8 Å². The van der Waals surface area contributed by atoms with E-state index < -0.39 is 0 Å². The van der Waals surface area contributed by atoms with Crippen molar-refractivity contribution in [1.82, 2.24) is 9.88 Å². The molecule has 2 aromatic rings. The van der Waals surface area contributed by atoms with Gasteiger partial charge < -0.3 is 0 Å². The molecule has 0 saturated heterocycles. The first-order chi connectivity index (χ1) is 9.56. The van der Waals surface area contributed by atoms with Crippen LogP contribution in [0.1, 0.15) is 26.3 Å².